The zero-order valence-corrected chi connectivity index (χ0v) is 13.5. The molecule has 0 aliphatic heterocycles. The minimum Gasteiger partial charge on any atom is -0.481 e. The summed E-state index contributed by atoms with van der Waals surface area (Å²) in [6.07, 6.45) is 0. The fraction of sp³-hybridized carbons (Fsp3) is 0.211. The first-order valence-corrected chi connectivity index (χ1v) is 7.67. The largest absolute Gasteiger partial charge is 0.481 e. The van der Waals surface area contributed by atoms with Crippen molar-refractivity contribution in [3.63, 3.8) is 0 Å². The van der Waals surface area contributed by atoms with Crippen LogP contribution in [0.5, 0.6) is 5.75 Å². The molecular weight excluding hydrogens is 309 g/mol. The standard InChI is InChI=1S/C19H18FNO3/c1-13(18-11-14-7-3-5-9-16(14)24-18)21(2)19(22)12-23-17-10-6-4-8-15(17)20/h3-11,13H,12H2,1-2H3. The van der Waals surface area contributed by atoms with Crippen molar-refractivity contribution < 1.29 is 18.3 Å². The number of halogens is 1. The van der Waals surface area contributed by atoms with E-state index in [4.69, 9.17) is 9.15 Å². The van der Waals surface area contributed by atoms with Gasteiger partial charge in [-0.05, 0) is 31.2 Å². The Bertz CT molecular complexity index is 825. The van der Waals surface area contributed by atoms with Crippen LogP contribution < -0.4 is 4.74 Å². The summed E-state index contributed by atoms with van der Waals surface area (Å²) in [6.45, 7) is 1.64. The van der Waals surface area contributed by atoms with Crippen LogP contribution in [0.25, 0.3) is 11.0 Å². The number of nitrogens with zero attached hydrogens (tertiary/aromatic N) is 1. The summed E-state index contributed by atoms with van der Waals surface area (Å²) in [5.41, 5.74) is 0.780. The molecule has 0 bridgehead atoms. The Balaban J connectivity index is 1.67. The van der Waals surface area contributed by atoms with Gasteiger partial charge in [-0.2, -0.15) is 0 Å². The third kappa shape index (κ3) is 3.25. The first-order chi connectivity index (χ1) is 11.6. The van der Waals surface area contributed by atoms with Crippen LogP contribution in [0.3, 0.4) is 0 Å². The molecule has 5 heteroatoms. The lowest BCUT2D eigenvalue weighted by atomic mass is 10.2. The SMILES string of the molecule is CC(c1cc2ccccc2o1)N(C)C(=O)COc1ccccc1F. The van der Waals surface area contributed by atoms with E-state index in [1.807, 2.05) is 37.3 Å². The number of hydrogen-bond donors (Lipinski definition) is 0. The summed E-state index contributed by atoms with van der Waals surface area (Å²) in [6, 6.07) is 15.3. The molecule has 0 saturated carbocycles. The van der Waals surface area contributed by atoms with E-state index in [0.29, 0.717) is 5.76 Å². The first-order valence-electron chi connectivity index (χ1n) is 7.67. The van der Waals surface area contributed by atoms with Crippen LogP contribution in [0, 0.1) is 5.82 Å². The van der Waals surface area contributed by atoms with Crippen LogP contribution in [0.1, 0.15) is 18.7 Å². The number of carbonyl (C=O) groups is 1. The van der Waals surface area contributed by atoms with Crippen molar-refractivity contribution in [2.75, 3.05) is 13.7 Å². The summed E-state index contributed by atoms with van der Waals surface area (Å²) in [7, 11) is 1.67. The molecule has 0 saturated heterocycles. The Kier molecular flexibility index (Phi) is 4.51. The highest BCUT2D eigenvalue weighted by molar-refractivity contribution is 5.79. The zero-order valence-electron chi connectivity index (χ0n) is 13.5. The molecule has 3 aromatic rings. The smallest absolute Gasteiger partial charge is 0.260 e. The molecule has 0 aliphatic carbocycles. The van der Waals surface area contributed by atoms with E-state index in [1.165, 1.54) is 17.0 Å². The summed E-state index contributed by atoms with van der Waals surface area (Å²) in [5.74, 6) is 0.0121. The van der Waals surface area contributed by atoms with Crippen molar-refractivity contribution in [1.82, 2.24) is 4.90 Å². The van der Waals surface area contributed by atoms with Gasteiger partial charge in [0, 0.05) is 12.4 Å². The van der Waals surface area contributed by atoms with Crippen molar-refractivity contribution in [2.24, 2.45) is 0 Å². The second kappa shape index (κ2) is 6.74. The predicted octanol–water partition coefficient (Wildman–Crippen LogP) is 4.17. The molecule has 1 atom stereocenters. The van der Waals surface area contributed by atoms with Gasteiger partial charge in [0.2, 0.25) is 0 Å². The van der Waals surface area contributed by atoms with Gasteiger partial charge in [-0.25, -0.2) is 4.39 Å². The van der Waals surface area contributed by atoms with Crippen LogP contribution in [-0.2, 0) is 4.79 Å². The Labute approximate surface area is 139 Å². The zero-order chi connectivity index (χ0) is 17.1. The van der Waals surface area contributed by atoms with Crippen molar-refractivity contribution in [2.45, 2.75) is 13.0 Å². The van der Waals surface area contributed by atoms with Gasteiger partial charge < -0.3 is 14.1 Å². The van der Waals surface area contributed by atoms with Crippen LogP contribution in [0.4, 0.5) is 4.39 Å². The molecular formula is C19H18FNO3. The van der Waals surface area contributed by atoms with E-state index in [1.54, 1.807) is 19.2 Å². The Morgan fingerprint density at radius 3 is 2.67 bits per heavy atom. The number of fused-ring (bicyclic) bond motifs is 1. The van der Waals surface area contributed by atoms with E-state index in [9.17, 15) is 9.18 Å². The lowest BCUT2D eigenvalue weighted by Gasteiger charge is -2.23. The predicted molar refractivity (Wildman–Crippen MR) is 89.3 cm³/mol. The molecule has 2 aromatic carbocycles. The second-order valence-electron chi connectivity index (χ2n) is 5.59. The van der Waals surface area contributed by atoms with Gasteiger partial charge in [0.15, 0.2) is 18.2 Å². The topological polar surface area (TPSA) is 42.7 Å². The number of amides is 1. The van der Waals surface area contributed by atoms with E-state index < -0.39 is 5.82 Å². The molecule has 1 aromatic heterocycles. The minimum atomic E-state index is -0.488. The van der Waals surface area contributed by atoms with Crippen molar-refractivity contribution >= 4 is 16.9 Å². The lowest BCUT2D eigenvalue weighted by Crippen LogP contribution is -2.33. The number of hydrogen-bond acceptors (Lipinski definition) is 3. The van der Waals surface area contributed by atoms with Gasteiger partial charge in [-0.3, -0.25) is 4.79 Å². The number of ether oxygens (including phenoxy) is 1. The molecule has 4 nitrogen and oxygen atoms in total. The molecule has 0 spiro atoms. The summed E-state index contributed by atoms with van der Waals surface area (Å²) < 4.78 is 24.6. The fourth-order valence-corrected chi connectivity index (χ4v) is 2.42. The van der Waals surface area contributed by atoms with Crippen LogP contribution in [0.15, 0.2) is 59.0 Å². The number of furan rings is 1. The number of likely N-dealkylation sites (N-methyl/N-ethyl adjacent to an activating group) is 1. The third-order valence-electron chi connectivity index (χ3n) is 4.02. The molecule has 1 amide bonds. The molecule has 1 unspecified atom stereocenters. The Morgan fingerprint density at radius 2 is 1.92 bits per heavy atom. The molecule has 1 heterocycles. The highest BCUT2D eigenvalue weighted by atomic mass is 19.1. The van der Waals surface area contributed by atoms with Crippen LogP contribution in [0.2, 0.25) is 0 Å². The van der Waals surface area contributed by atoms with E-state index >= 15 is 0 Å². The average Bonchev–Trinajstić information content (AvgIpc) is 3.03. The molecule has 124 valence electrons. The third-order valence-corrected chi connectivity index (χ3v) is 4.02. The molecule has 0 fully saturated rings. The van der Waals surface area contributed by atoms with Gasteiger partial charge >= 0.3 is 0 Å². The number of rotatable bonds is 5. The fourth-order valence-electron chi connectivity index (χ4n) is 2.42. The quantitative estimate of drug-likeness (QED) is 0.706. The minimum absolute atomic E-state index is 0.0654. The van der Waals surface area contributed by atoms with E-state index in [2.05, 4.69) is 0 Å². The van der Waals surface area contributed by atoms with Crippen molar-refractivity contribution in [3.05, 3.63) is 66.2 Å². The molecule has 0 aliphatic rings. The Hall–Kier alpha value is -2.82. The van der Waals surface area contributed by atoms with Gasteiger partial charge in [0.1, 0.15) is 11.3 Å². The number of benzene rings is 2. The normalized spacial score (nSPS) is 12.1. The van der Waals surface area contributed by atoms with Gasteiger partial charge in [-0.1, -0.05) is 30.3 Å². The molecule has 0 radical (unpaired) electrons. The highest BCUT2D eigenvalue weighted by Crippen LogP contribution is 2.26. The lowest BCUT2D eigenvalue weighted by molar-refractivity contribution is -0.134. The van der Waals surface area contributed by atoms with E-state index in [0.717, 1.165) is 11.0 Å². The maximum atomic E-state index is 13.5. The summed E-state index contributed by atoms with van der Waals surface area (Å²) in [4.78, 5) is 13.8. The number of carbonyl (C=O) groups excluding carboxylic acids is 1. The maximum absolute atomic E-state index is 13.5. The van der Waals surface area contributed by atoms with Gasteiger partial charge in [0.05, 0.1) is 6.04 Å². The maximum Gasteiger partial charge on any atom is 0.260 e. The van der Waals surface area contributed by atoms with Crippen LogP contribution in [-0.4, -0.2) is 24.5 Å². The monoisotopic (exact) mass is 327 g/mol. The Morgan fingerprint density at radius 1 is 1.21 bits per heavy atom. The number of para-hydroxylation sites is 2. The second-order valence-corrected chi connectivity index (χ2v) is 5.59. The molecule has 3 rings (SSSR count). The van der Waals surface area contributed by atoms with Gasteiger partial charge in [-0.15, -0.1) is 0 Å². The summed E-state index contributed by atoms with van der Waals surface area (Å²) >= 11 is 0. The molecule has 0 N–H and O–H groups in total. The average molecular weight is 327 g/mol. The van der Waals surface area contributed by atoms with Crippen molar-refractivity contribution in [3.8, 4) is 5.75 Å². The van der Waals surface area contributed by atoms with Crippen LogP contribution >= 0.6 is 0 Å². The van der Waals surface area contributed by atoms with Crippen molar-refractivity contribution in [1.29, 1.82) is 0 Å². The van der Waals surface area contributed by atoms with Gasteiger partial charge in [0.25, 0.3) is 5.91 Å². The highest BCUT2D eigenvalue weighted by Gasteiger charge is 2.21. The summed E-state index contributed by atoms with van der Waals surface area (Å²) in [5, 5.41) is 0.989. The first kappa shape index (κ1) is 16.1. The van der Waals surface area contributed by atoms with E-state index in [-0.39, 0.29) is 24.3 Å². The molecule has 24 heavy (non-hydrogen) atoms.